The van der Waals surface area contributed by atoms with Crippen molar-refractivity contribution in [1.82, 2.24) is 60.8 Å². The molecule has 0 unspecified atom stereocenters. The first-order chi connectivity index (χ1) is 61.4. The SMILES string of the molecule is C.CO.COC(=O)N[C@@H](C)C(=O)N1CCC[C@H]1c1ncc(-c2ccc(-c3ccc4cc(C5=CN=C([C@@H]6[C@H]7CC[C@H](C7)N6C(=O)[C@@H](NC(=O)OC)C(C)C)C5)ccc4c3)cc2)[nH]1.COC(=O)N[C@@H](C)C(=O)N1CCC[C@H]1c1ncc(-c2ccc(Br)cc2)[nH]1.COC(=O)N[C@H](C(=O)N1[C@@H]2CC[C@@H](C2)[C@H]1C1=NC=C(c2ccc3cc(B4OC(C)(C)C(C)(C)O4)ccc3c2)C1)C(C)C. The third-order valence-corrected chi connectivity index (χ3v) is 27.5. The number of rotatable bonds is 20. The van der Waals surface area contributed by atoms with Gasteiger partial charge in [0.1, 0.15) is 35.8 Å². The van der Waals surface area contributed by atoms with E-state index in [2.05, 4.69) is 191 Å². The Balaban J connectivity index is 0.000000175. The van der Waals surface area contributed by atoms with Gasteiger partial charge in [-0.05, 0) is 231 Å². The van der Waals surface area contributed by atoms with Crippen molar-refractivity contribution >= 4 is 121 Å². The Labute approximate surface area is 763 Å². The first kappa shape index (κ1) is 95.1. The van der Waals surface area contributed by atoms with E-state index in [0.717, 1.165) is 182 Å². The Morgan fingerprint density at radius 1 is 0.473 bits per heavy atom. The number of nitrogens with one attached hydrogen (secondary N) is 6. The number of imidazole rings is 2. The van der Waals surface area contributed by atoms with Crippen molar-refractivity contribution in [3.05, 3.63) is 173 Å². The summed E-state index contributed by atoms with van der Waals surface area (Å²) < 4.78 is 32.4. The maximum Gasteiger partial charge on any atom is 0.494 e. The molecule has 6 aromatic carbocycles. The van der Waals surface area contributed by atoms with Gasteiger partial charge in [0.2, 0.25) is 23.6 Å². The lowest BCUT2D eigenvalue weighted by molar-refractivity contribution is -0.138. The molecule has 7 aliphatic heterocycles. The number of methoxy groups -OCH3 is 4. The number of carbonyl (C=O) groups excluding carboxylic acids is 8. The minimum absolute atomic E-state index is 0. The van der Waals surface area contributed by atoms with Gasteiger partial charge < -0.3 is 84.2 Å². The average molecular weight is 1830 g/mol. The molecule has 8 aromatic rings. The molecule has 7 fully saturated rings. The molecule has 2 aliphatic carbocycles. The lowest BCUT2D eigenvalue weighted by Crippen LogP contribution is -2.57. The van der Waals surface area contributed by atoms with Crippen LogP contribution in [0.3, 0.4) is 0 Å². The summed E-state index contributed by atoms with van der Waals surface area (Å²) in [4.78, 5) is 134. The van der Waals surface area contributed by atoms with Crippen molar-refractivity contribution in [2.75, 3.05) is 48.6 Å². The molecule has 12 atom stereocenters. The van der Waals surface area contributed by atoms with Crippen LogP contribution in [0.15, 0.2) is 161 Å². The molecule has 17 rings (SSSR count). The van der Waals surface area contributed by atoms with E-state index in [1.165, 1.54) is 28.4 Å². The standard InChI is InChI=1S/C45H51N7O6.C33H42BN3O5.C18H21BrN4O3.CH4O.CH4/c1-25(2)39(50-45(56)58-5)43(54)52-35-17-16-33(21-35)40(52)36-22-34(23-46-36)32-15-14-30-19-29(12-13-31(30)20-32)27-8-10-28(11-9-27)37-24-47-41(49-37)38-7-6-18-51(38)42(53)26(3)48-44(55)57-4;1-19(2)28(36-31(39)40-7)30(38)37-26-13-11-23(16-26)29(37)27-17-24(18-35-27)21-8-9-22-15-25(12-10-20(22)14-21)34-41-32(3,4)33(5,6)42-34;1-11(21-18(25)26-2)17(24)23-9-3-4-15(23)16-20-10-14(22-16)12-5-7-13(19)8-6-12;1-2;/h8-15,19-20,23-26,33,35,38-40H,6-7,16-18,21-22H2,1-5H3,(H,47,49)(H,48,55)(H,50,56);8-10,12,14-15,18-19,23,26,28-29H,11,13,16-17H2,1-7H3,(H,36,39);5-8,10-11,15H,3-4,9H2,1-2H3,(H,20,22)(H,21,25);2H,1H3;1H4/t26-,33-,35+,38-,39-,40-;23-,26+,28-,29-;11-,15-;;/m000../s1. The van der Waals surface area contributed by atoms with Crippen molar-refractivity contribution in [1.29, 1.82) is 0 Å². The number of hydrogen-bond donors (Lipinski definition) is 7. The number of halogens is 1. The van der Waals surface area contributed by atoms with E-state index in [0.29, 0.717) is 37.8 Å². The number of amides is 8. The van der Waals surface area contributed by atoms with Crippen LogP contribution in [0.5, 0.6) is 0 Å². The Bertz CT molecular complexity index is 5580. The fourth-order valence-electron chi connectivity index (χ4n) is 19.5. The monoisotopic (exact) mass is 1820 g/mol. The maximum atomic E-state index is 14.0. The lowest BCUT2D eigenvalue weighted by atomic mass is 9.78. The van der Waals surface area contributed by atoms with Crippen LogP contribution in [0.25, 0.3) is 66.3 Å². The molecule has 9 heterocycles. The first-order valence-corrected chi connectivity index (χ1v) is 45.2. The molecule has 4 bridgehead atoms. The molecule has 0 radical (unpaired) electrons. The molecule has 129 heavy (non-hydrogen) atoms. The van der Waals surface area contributed by atoms with E-state index in [9.17, 15) is 38.4 Å². The molecule has 0 spiro atoms. The number of aliphatic hydroxyl groups excluding tert-OH is 1. The number of nitrogens with zero attached hydrogens (tertiary/aromatic N) is 8. The second kappa shape index (κ2) is 40.6. The average Bonchev–Trinajstić information content (AvgIpc) is 1.59. The van der Waals surface area contributed by atoms with Crippen LogP contribution in [0.1, 0.15) is 189 Å². The van der Waals surface area contributed by atoms with Gasteiger partial charge in [-0.1, -0.05) is 142 Å². The molecule has 9 aliphatic rings. The second-order valence-electron chi connectivity index (χ2n) is 36.2. The Morgan fingerprint density at radius 2 is 0.837 bits per heavy atom. The quantitative estimate of drug-likeness (QED) is 0.0275. The Kier molecular flexibility index (Phi) is 29.9. The van der Waals surface area contributed by atoms with Crippen molar-refractivity contribution in [3.63, 3.8) is 0 Å². The van der Waals surface area contributed by atoms with Gasteiger partial charge in [-0.25, -0.2) is 29.1 Å². The van der Waals surface area contributed by atoms with E-state index in [1.807, 2.05) is 80.4 Å². The highest BCUT2D eigenvalue weighted by atomic mass is 79.9. The van der Waals surface area contributed by atoms with Crippen LogP contribution in [-0.4, -0.2) is 219 Å². The van der Waals surface area contributed by atoms with Crippen LogP contribution in [0, 0.1) is 23.7 Å². The number of alkyl carbamates (subject to hydrolysis) is 4. The summed E-state index contributed by atoms with van der Waals surface area (Å²) in [6.45, 7) is 20.6. The lowest BCUT2D eigenvalue weighted by Gasteiger charge is -2.38. The topological polar surface area (TPSA) is 355 Å². The normalized spacial score (nSPS) is 22.2. The predicted molar refractivity (Wildman–Crippen MR) is 503 cm³/mol. The zero-order valence-electron chi connectivity index (χ0n) is 75.5. The number of fused-ring (bicyclic) bond motifs is 6. The first-order valence-electron chi connectivity index (χ1n) is 44.4. The number of carbonyl (C=O) groups is 8. The molecule has 2 saturated carbocycles. The Hall–Kier alpha value is -11.5. The van der Waals surface area contributed by atoms with Gasteiger partial charge in [-0.2, -0.15) is 0 Å². The number of aliphatic hydroxyl groups is 1. The fourth-order valence-corrected chi connectivity index (χ4v) is 19.8. The van der Waals surface area contributed by atoms with Crippen LogP contribution < -0.4 is 26.7 Å². The number of aromatic nitrogens is 4. The minimum Gasteiger partial charge on any atom is -0.453 e. The van der Waals surface area contributed by atoms with Crippen molar-refractivity contribution in [2.45, 2.75) is 225 Å². The van der Waals surface area contributed by atoms with Gasteiger partial charge in [0, 0.05) is 73.4 Å². The largest absolute Gasteiger partial charge is 0.494 e. The highest BCUT2D eigenvalue weighted by Gasteiger charge is 2.55. The summed E-state index contributed by atoms with van der Waals surface area (Å²) in [5.74, 6) is 1.74. The molecule has 8 amide bonds. The molecule has 2 aromatic heterocycles. The molecular weight excluding hydrogens is 1700 g/mol. The number of H-pyrrole nitrogens is 2. The van der Waals surface area contributed by atoms with Gasteiger partial charge in [-0.3, -0.25) is 29.2 Å². The number of benzene rings is 6. The van der Waals surface area contributed by atoms with Crippen LogP contribution in [0.4, 0.5) is 19.2 Å². The summed E-state index contributed by atoms with van der Waals surface area (Å²) in [5.41, 5.74) is 12.9. The number of ether oxygens (including phenoxy) is 4. The molecule has 5 saturated heterocycles. The van der Waals surface area contributed by atoms with Crippen LogP contribution in [0.2, 0.25) is 0 Å². The van der Waals surface area contributed by atoms with Crippen molar-refractivity contribution in [2.24, 2.45) is 33.7 Å². The van der Waals surface area contributed by atoms with E-state index in [-0.39, 0.29) is 90.3 Å². The molecule has 31 heteroatoms. The summed E-state index contributed by atoms with van der Waals surface area (Å²) in [7, 11) is 5.80. The second-order valence-corrected chi connectivity index (χ2v) is 37.1. The summed E-state index contributed by atoms with van der Waals surface area (Å²) >= 11 is 3.43. The number of hydrogen-bond acceptors (Lipinski definition) is 19. The van der Waals surface area contributed by atoms with E-state index in [4.69, 9.17) is 33.9 Å². The third kappa shape index (κ3) is 20.4. The van der Waals surface area contributed by atoms with Gasteiger partial charge in [-0.15, -0.1) is 0 Å². The number of allylic oxidation sites excluding steroid dienone is 2. The third-order valence-electron chi connectivity index (χ3n) is 27.0. The number of aromatic amines is 2. The number of piperidine rings is 2. The molecular formula is C98H122BBrN14O15. The minimum atomic E-state index is -0.702. The van der Waals surface area contributed by atoms with E-state index < -0.39 is 55.7 Å². The molecule has 684 valence electrons. The van der Waals surface area contributed by atoms with Crippen LogP contribution >= 0.6 is 15.9 Å². The van der Waals surface area contributed by atoms with E-state index in [1.54, 1.807) is 29.8 Å². The highest BCUT2D eigenvalue weighted by molar-refractivity contribution is 9.10. The zero-order chi connectivity index (χ0) is 91.3. The van der Waals surface area contributed by atoms with Gasteiger partial charge >= 0.3 is 31.5 Å². The smallest absolute Gasteiger partial charge is 0.453 e. The van der Waals surface area contributed by atoms with Gasteiger partial charge in [0.05, 0.1) is 87.6 Å². The summed E-state index contributed by atoms with van der Waals surface area (Å²) in [6.07, 6.45) is 16.0. The summed E-state index contributed by atoms with van der Waals surface area (Å²) in [5, 5.41) is 22.2. The van der Waals surface area contributed by atoms with Crippen molar-refractivity contribution < 1.29 is 71.7 Å². The van der Waals surface area contributed by atoms with Crippen LogP contribution in [-0.2, 0) is 47.4 Å². The number of aliphatic imine (C=N–C) groups is 2. The number of likely N-dealkylation sites (tertiary alicyclic amines) is 4. The highest BCUT2D eigenvalue weighted by Crippen LogP contribution is 2.49. The zero-order valence-corrected chi connectivity index (χ0v) is 77.1. The summed E-state index contributed by atoms with van der Waals surface area (Å²) in [6, 6.07) is 39.6. The predicted octanol–water partition coefficient (Wildman–Crippen LogP) is 15.8. The van der Waals surface area contributed by atoms with Gasteiger partial charge in [0.25, 0.3) is 0 Å². The molecule has 7 N–H and O–H groups in total. The fraction of sp³-hybridized carbons (Fsp3) is 0.469. The Morgan fingerprint density at radius 3 is 1.25 bits per heavy atom. The van der Waals surface area contributed by atoms with Gasteiger partial charge in [0.15, 0.2) is 0 Å². The maximum absolute atomic E-state index is 14.0. The molecule has 29 nitrogen and oxygen atoms in total. The van der Waals surface area contributed by atoms with E-state index >= 15 is 0 Å². The van der Waals surface area contributed by atoms with Crippen molar-refractivity contribution in [3.8, 4) is 33.6 Å².